The number of rotatable bonds is 11. The first-order valence-electron chi connectivity index (χ1n) is 12.4. The Balaban J connectivity index is 2.64. The first-order valence-corrected chi connectivity index (χ1v) is 12.4. The van der Waals surface area contributed by atoms with E-state index in [1.54, 1.807) is 0 Å². The fraction of sp³-hybridized carbons (Fsp3) is 0.586. The van der Waals surface area contributed by atoms with Crippen molar-refractivity contribution < 1.29 is 30.6 Å². The molecule has 6 N–H and O–H groups in total. The fourth-order valence-corrected chi connectivity index (χ4v) is 5.27. The quantitative estimate of drug-likeness (QED) is 0.289. The minimum Gasteiger partial charge on any atom is -0.394 e. The third-order valence-electron chi connectivity index (χ3n) is 7.54. The molecule has 0 aliphatic carbocycles. The third-order valence-corrected chi connectivity index (χ3v) is 7.54. The van der Waals surface area contributed by atoms with E-state index in [9.17, 15) is 30.6 Å². The van der Waals surface area contributed by atoms with E-state index < -0.39 is 36.1 Å². The van der Waals surface area contributed by atoms with Gasteiger partial charge in [0.25, 0.3) is 0 Å². The van der Waals surface area contributed by atoms with Crippen molar-refractivity contribution in [1.29, 1.82) is 0 Å². The largest absolute Gasteiger partial charge is 0.394 e. The Morgan fingerprint density at radius 2 is 1.20 bits per heavy atom. The summed E-state index contributed by atoms with van der Waals surface area (Å²) in [5.41, 5.74) is 3.31. The van der Waals surface area contributed by atoms with Gasteiger partial charge < -0.3 is 30.6 Å². The molecule has 0 aromatic heterocycles. The van der Waals surface area contributed by atoms with Gasteiger partial charge in [-0.2, -0.15) is 0 Å². The molecule has 2 aromatic rings. The van der Waals surface area contributed by atoms with Gasteiger partial charge in [0, 0.05) is 12.8 Å². The molecule has 0 radical (unpaired) electrons. The maximum atomic E-state index is 11.9. The molecule has 0 aliphatic heterocycles. The monoisotopic (exact) mass is 488 g/mol. The van der Waals surface area contributed by atoms with Gasteiger partial charge in [-0.3, -0.25) is 0 Å². The summed E-state index contributed by atoms with van der Waals surface area (Å²) < 4.78 is 0. The van der Waals surface area contributed by atoms with Crippen molar-refractivity contribution in [2.45, 2.75) is 104 Å². The van der Waals surface area contributed by atoms with Gasteiger partial charge in [-0.1, -0.05) is 48.7 Å². The van der Waals surface area contributed by atoms with Crippen LogP contribution in [0.3, 0.4) is 0 Å². The van der Waals surface area contributed by atoms with Crippen molar-refractivity contribution in [3.8, 4) is 0 Å². The molecule has 2 rings (SSSR count). The minimum atomic E-state index is -2.33. The molecule has 0 saturated heterocycles. The normalized spacial score (nSPS) is 18.0. The highest BCUT2D eigenvalue weighted by atomic mass is 16.4. The van der Waals surface area contributed by atoms with Crippen LogP contribution in [0, 0.1) is 41.5 Å². The van der Waals surface area contributed by atoms with Crippen molar-refractivity contribution >= 4 is 0 Å². The van der Waals surface area contributed by atoms with Crippen molar-refractivity contribution in [3.05, 3.63) is 68.8 Å². The summed E-state index contributed by atoms with van der Waals surface area (Å²) in [7, 11) is 0. The van der Waals surface area contributed by atoms with E-state index in [0.717, 1.165) is 38.9 Å². The molecule has 1 unspecified atom stereocenters. The molecule has 196 valence electrons. The predicted octanol–water partition coefficient (Wildman–Crippen LogP) is 2.66. The van der Waals surface area contributed by atoms with Crippen LogP contribution in [0.15, 0.2) is 24.3 Å². The van der Waals surface area contributed by atoms with Crippen LogP contribution in [0.4, 0.5) is 0 Å². The average molecular weight is 489 g/mol. The zero-order valence-electron chi connectivity index (χ0n) is 22.3. The Morgan fingerprint density at radius 3 is 1.63 bits per heavy atom. The van der Waals surface area contributed by atoms with Crippen molar-refractivity contribution in [3.63, 3.8) is 0 Å². The van der Waals surface area contributed by atoms with Crippen LogP contribution in [-0.2, 0) is 12.8 Å². The van der Waals surface area contributed by atoms with E-state index in [0.29, 0.717) is 12.0 Å². The summed E-state index contributed by atoms with van der Waals surface area (Å²) in [6, 6.07) is 7.88. The molecular formula is C29H44O6. The fourth-order valence-electron chi connectivity index (χ4n) is 5.27. The van der Waals surface area contributed by atoms with Gasteiger partial charge in [-0.05, 0) is 81.3 Å². The maximum absolute atomic E-state index is 11.9. The standard InChI is InChI=1S/C29H44O6/c1-8-9-28(34,14-23-12-17(2)10-19(4)21(23)6)27(33)29(35,26(32)25(31)16-30)15-24-13-18(3)11-20(5)22(24)7/h10-13,25-27,30-35H,8-9,14-16H2,1-7H3/t25-,26+,27+,28?,29+/m0/s1. The Morgan fingerprint density at radius 1 is 0.743 bits per heavy atom. The average Bonchev–Trinajstić information content (AvgIpc) is 2.78. The van der Waals surface area contributed by atoms with Crippen LogP contribution in [0.5, 0.6) is 0 Å². The Kier molecular flexibility index (Phi) is 9.67. The van der Waals surface area contributed by atoms with E-state index >= 15 is 0 Å². The van der Waals surface area contributed by atoms with E-state index in [1.807, 2.05) is 66.7 Å². The molecule has 0 fully saturated rings. The van der Waals surface area contributed by atoms with Gasteiger partial charge in [0.1, 0.15) is 23.9 Å². The van der Waals surface area contributed by atoms with Crippen molar-refractivity contribution in [2.75, 3.05) is 6.61 Å². The first-order chi connectivity index (χ1) is 16.2. The minimum absolute atomic E-state index is 0.0619. The molecule has 6 nitrogen and oxygen atoms in total. The smallest absolute Gasteiger partial charge is 0.126 e. The van der Waals surface area contributed by atoms with Crippen LogP contribution in [0.1, 0.15) is 64.3 Å². The zero-order valence-corrected chi connectivity index (χ0v) is 22.3. The Hall–Kier alpha value is -1.80. The molecule has 0 saturated carbocycles. The molecule has 35 heavy (non-hydrogen) atoms. The van der Waals surface area contributed by atoms with Gasteiger partial charge in [0.05, 0.1) is 12.2 Å². The maximum Gasteiger partial charge on any atom is 0.126 e. The van der Waals surface area contributed by atoms with Crippen LogP contribution in [0.25, 0.3) is 0 Å². The SMILES string of the molecule is CCCC(O)(Cc1cc(C)cc(C)c1C)[C@@H](O)[C@@](O)(Cc1cc(C)cc(C)c1C)[C@H](O)[C@@H](O)CO. The second-order valence-corrected chi connectivity index (χ2v) is 10.5. The number of aryl methyl sites for hydroxylation is 4. The van der Waals surface area contributed by atoms with Gasteiger partial charge >= 0.3 is 0 Å². The molecule has 2 aromatic carbocycles. The van der Waals surface area contributed by atoms with E-state index in [-0.39, 0.29) is 19.3 Å². The van der Waals surface area contributed by atoms with Gasteiger partial charge in [0.2, 0.25) is 0 Å². The lowest BCUT2D eigenvalue weighted by Crippen LogP contribution is -2.66. The summed E-state index contributed by atoms with van der Waals surface area (Å²) >= 11 is 0. The zero-order chi connectivity index (χ0) is 26.7. The molecule has 6 heteroatoms. The summed E-state index contributed by atoms with van der Waals surface area (Å²) in [5, 5.41) is 66.3. The number of hydrogen-bond donors (Lipinski definition) is 6. The molecule has 0 spiro atoms. The van der Waals surface area contributed by atoms with Crippen molar-refractivity contribution in [1.82, 2.24) is 0 Å². The van der Waals surface area contributed by atoms with Gasteiger partial charge in [-0.15, -0.1) is 0 Å². The highest BCUT2D eigenvalue weighted by Crippen LogP contribution is 2.37. The summed E-state index contributed by atoms with van der Waals surface area (Å²) in [6.45, 7) is 12.7. The van der Waals surface area contributed by atoms with Crippen LogP contribution >= 0.6 is 0 Å². The van der Waals surface area contributed by atoms with Crippen LogP contribution in [0.2, 0.25) is 0 Å². The van der Waals surface area contributed by atoms with E-state index in [1.165, 1.54) is 0 Å². The molecule has 0 amide bonds. The molecule has 0 bridgehead atoms. The number of benzene rings is 2. The Labute approximate surface area is 209 Å². The molecule has 0 heterocycles. The lowest BCUT2D eigenvalue weighted by Gasteiger charge is -2.46. The number of aliphatic hydroxyl groups excluding tert-OH is 4. The van der Waals surface area contributed by atoms with Crippen molar-refractivity contribution in [2.24, 2.45) is 0 Å². The second kappa shape index (κ2) is 11.5. The molecular weight excluding hydrogens is 444 g/mol. The second-order valence-electron chi connectivity index (χ2n) is 10.5. The summed E-state index contributed by atoms with van der Waals surface area (Å²) in [4.78, 5) is 0. The summed E-state index contributed by atoms with van der Waals surface area (Å²) in [5.74, 6) is 0. The first kappa shape index (κ1) is 29.4. The van der Waals surface area contributed by atoms with E-state index in [2.05, 4.69) is 6.07 Å². The number of aliphatic hydroxyl groups is 6. The van der Waals surface area contributed by atoms with Gasteiger partial charge in [0.15, 0.2) is 0 Å². The van der Waals surface area contributed by atoms with E-state index in [4.69, 9.17) is 0 Å². The summed E-state index contributed by atoms with van der Waals surface area (Å²) in [6.07, 6.45) is -4.87. The predicted molar refractivity (Wildman–Crippen MR) is 139 cm³/mol. The van der Waals surface area contributed by atoms with Crippen LogP contribution in [-0.4, -0.2) is 66.8 Å². The number of hydrogen-bond acceptors (Lipinski definition) is 6. The molecule has 0 aliphatic rings. The lowest BCUT2D eigenvalue weighted by molar-refractivity contribution is -0.230. The third kappa shape index (κ3) is 6.31. The molecule has 5 atom stereocenters. The highest BCUT2D eigenvalue weighted by Gasteiger charge is 2.54. The Bertz CT molecular complexity index is 1020. The van der Waals surface area contributed by atoms with Gasteiger partial charge in [-0.25, -0.2) is 0 Å². The highest BCUT2D eigenvalue weighted by molar-refractivity contribution is 5.40. The topological polar surface area (TPSA) is 121 Å². The lowest BCUT2D eigenvalue weighted by atomic mass is 9.70. The van der Waals surface area contributed by atoms with Crippen LogP contribution < -0.4 is 0 Å².